The monoisotopic (exact) mass is 197 g/mol. The molecule has 1 aliphatic rings. The van der Waals surface area contributed by atoms with Crippen molar-refractivity contribution in [3.63, 3.8) is 0 Å². The highest BCUT2D eigenvalue weighted by Crippen LogP contribution is 2.08. The van der Waals surface area contributed by atoms with Crippen molar-refractivity contribution < 1.29 is 0 Å². The highest BCUT2D eigenvalue weighted by atomic mass is 15.2. The van der Waals surface area contributed by atoms with Gasteiger partial charge in [0.25, 0.3) is 0 Å². The zero-order valence-electron chi connectivity index (χ0n) is 10.00. The molecule has 0 saturated carbocycles. The quantitative estimate of drug-likeness (QED) is 0.679. The Morgan fingerprint density at radius 1 is 1.21 bits per heavy atom. The van der Waals surface area contributed by atoms with Crippen LogP contribution in [0.1, 0.15) is 26.7 Å². The Balaban J connectivity index is 2.17. The molecule has 0 aromatic carbocycles. The van der Waals surface area contributed by atoms with E-state index in [2.05, 4.69) is 37.1 Å². The molecule has 1 heterocycles. The maximum absolute atomic E-state index is 2.58. The van der Waals surface area contributed by atoms with E-state index in [0.717, 1.165) is 5.92 Å². The summed E-state index contributed by atoms with van der Waals surface area (Å²) in [6.45, 7) is 10.8. The van der Waals surface area contributed by atoms with Gasteiger partial charge in [-0.3, -0.25) is 0 Å². The van der Waals surface area contributed by atoms with Gasteiger partial charge in [-0.1, -0.05) is 20.3 Å². The minimum absolute atomic E-state index is 0.774. The summed E-state index contributed by atoms with van der Waals surface area (Å²) in [5, 5.41) is 0. The minimum atomic E-state index is 0.774. The first-order valence-electron chi connectivity index (χ1n) is 5.96. The Hall–Kier alpha value is -0.0800. The fraction of sp³-hybridized carbons (Fsp3) is 0.917. The van der Waals surface area contributed by atoms with Crippen LogP contribution < -0.4 is 0 Å². The topological polar surface area (TPSA) is 6.48 Å². The lowest BCUT2D eigenvalue weighted by atomic mass is 10.1. The summed E-state index contributed by atoms with van der Waals surface area (Å²) in [6, 6.07) is 0. The third-order valence-corrected chi connectivity index (χ3v) is 3.22. The molecule has 83 valence electrons. The SMILES string of the molecule is CCC(C)[CH]CN1CCCN(C)CC1. The van der Waals surface area contributed by atoms with Gasteiger partial charge >= 0.3 is 0 Å². The van der Waals surface area contributed by atoms with E-state index >= 15 is 0 Å². The normalized spacial score (nSPS) is 23.4. The molecule has 0 N–H and O–H groups in total. The lowest BCUT2D eigenvalue weighted by Gasteiger charge is -2.21. The molecule has 0 spiro atoms. The second-order valence-electron chi connectivity index (χ2n) is 4.58. The van der Waals surface area contributed by atoms with Crippen molar-refractivity contribution in [2.75, 3.05) is 39.8 Å². The van der Waals surface area contributed by atoms with Crippen LogP contribution in [0, 0.1) is 12.3 Å². The molecule has 1 atom stereocenters. The first-order chi connectivity index (χ1) is 6.72. The van der Waals surface area contributed by atoms with Crippen LogP contribution in [0.3, 0.4) is 0 Å². The van der Waals surface area contributed by atoms with Crippen LogP contribution in [0.2, 0.25) is 0 Å². The zero-order chi connectivity index (χ0) is 10.4. The summed E-state index contributed by atoms with van der Waals surface area (Å²) >= 11 is 0. The second-order valence-corrected chi connectivity index (χ2v) is 4.58. The molecule has 1 fully saturated rings. The van der Waals surface area contributed by atoms with Crippen LogP contribution in [-0.2, 0) is 0 Å². The Morgan fingerprint density at radius 3 is 2.71 bits per heavy atom. The molecule has 0 aromatic heterocycles. The van der Waals surface area contributed by atoms with Gasteiger partial charge in [0.1, 0.15) is 0 Å². The molecular formula is C12H25N2. The third-order valence-electron chi connectivity index (χ3n) is 3.22. The molecule has 14 heavy (non-hydrogen) atoms. The van der Waals surface area contributed by atoms with E-state index in [0.29, 0.717) is 0 Å². The maximum atomic E-state index is 2.58. The standard InChI is InChI=1S/C12H25N2/c1-4-12(2)6-9-14-8-5-7-13(3)10-11-14/h6,12H,4-5,7-11H2,1-3H3. The van der Waals surface area contributed by atoms with Crippen molar-refractivity contribution in [2.24, 2.45) is 5.92 Å². The van der Waals surface area contributed by atoms with Crippen LogP contribution in [0.25, 0.3) is 0 Å². The summed E-state index contributed by atoms with van der Waals surface area (Å²) in [4.78, 5) is 5.01. The Morgan fingerprint density at radius 2 is 2.00 bits per heavy atom. The molecular weight excluding hydrogens is 172 g/mol. The lowest BCUT2D eigenvalue weighted by Crippen LogP contribution is -2.30. The Kier molecular flexibility index (Phi) is 5.49. The van der Waals surface area contributed by atoms with E-state index in [1.807, 2.05) is 0 Å². The highest BCUT2D eigenvalue weighted by Gasteiger charge is 2.12. The van der Waals surface area contributed by atoms with Gasteiger partial charge in [-0.25, -0.2) is 0 Å². The van der Waals surface area contributed by atoms with Crippen LogP contribution in [0.5, 0.6) is 0 Å². The van der Waals surface area contributed by atoms with E-state index in [1.54, 1.807) is 0 Å². The van der Waals surface area contributed by atoms with E-state index in [4.69, 9.17) is 0 Å². The van der Waals surface area contributed by atoms with Gasteiger partial charge in [0, 0.05) is 19.6 Å². The molecule has 0 aromatic rings. The summed E-state index contributed by atoms with van der Waals surface area (Å²) in [7, 11) is 2.22. The number of likely N-dealkylation sites (N-methyl/N-ethyl adjacent to an activating group) is 1. The zero-order valence-corrected chi connectivity index (χ0v) is 10.00. The largest absolute Gasteiger partial charge is 0.305 e. The predicted octanol–water partition coefficient (Wildman–Crippen LogP) is 1.87. The molecule has 1 aliphatic heterocycles. The first kappa shape index (κ1) is 12.0. The lowest BCUT2D eigenvalue weighted by molar-refractivity contribution is 0.286. The van der Waals surface area contributed by atoms with Gasteiger partial charge in [0.05, 0.1) is 0 Å². The Labute approximate surface area is 89.3 Å². The fourth-order valence-corrected chi connectivity index (χ4v) is 1.78. The van der Waals surface area contributed by atoms with Gasteiger partial charge in [-0.05, 0) is 38.9 Å². The fourth-order valence-electron chi connectivity index (χ4n) is 1.78. The van der Waals surface area contributed by atoms with Crippen molar-refractivity contribution in [3.05, 3.63) is 6.42 Å². The van der Waals surface area contributed by atoms with E-state index in [-0.39, 0.29) is 0 Å². The van der Waals surface area contributed by atoms with Crippen molar-refractivity contribution in [2.45, 2.75) is 26.7 Å². The van der Waals surface area contributed by atoms with Crippen LogP contribution in [0.4, 0.5) is 0 Å². The van der Waals surface area contributed by atoms with Crippen molar-refractivity contribution in [1.29, 1.82) is 0 Å². The first-order valence-corrected chi connectivity index (χ1v) is 5.96. The Bertz CT molecular complexity index is 147. The smallest absolute Gasteiger partial charge is 0.0109 e. The van der Waals surface area contributed by atoms with Crippen molar-refractivity contribution in [1.82, 2.24) is 9.80 Å². The van der Waals surface area contributed by atoms with Gasteiger partial charge in [-0.2, -0.15) is 0 Å². The molecule has 2 heteroatoms. The minimum Gasteiger partial charge on any atom is -0.305 e. The van der Waals surface area contributed by atoms with E-state index in [1.165, 1.54) is 45.6 Å². The van der Waals surface area contributed by atoms with Crippen LogP contribution in [-0.4, -0.2) is 49.6 Å². The molecule has 1 unspecified atom stereocenters. The van der Waals surface area contributed by atoms with E-state index < -0.39 is 0 Å². The van der Waals surface area contributed by atoms with Gasteiger partial charge in [0.15, 0.2) is 0 Å². The highest BCUT2D eigenvalue weighted by molar-refractivity contribution is 4.78. The molecule has 2 nitrogen and oxygen atoms in total. The van der Waals surface area contributed by atoms with Gasteiger partial charge in [-0.15, -0.1) is 0 Å². The molecule has 1 saturated heterocycles. The molecule has 0 bridgehead atoms. The van der Waals surface area contributed by atoms with Crippen molar-refractivity contribution >= 4 is 0 Å². The summed E-state index contributed by atoms with van der Waals surface area (Å²) < 4.78 is 0. The number of nitrogens with zero attached hydrogens (tertiary/aromatic N) is 2. The number of hydrogen-bond acceptors (Lipinski definition) is 2. The maximum Gasteiger partial charge on any atom is 0.0109 e. The van der Waals surface area contributed by atoms with E-state index in [9.17, 15) is 0 Å². The van der Waals surface area contributed by atoms with Gasteiger partial charge in [0.2, 0.25) is 0 Å². The van der Waals surface area contributed by atoms with Crippen molar-refractivity contribution in [3.8, 4) is 0 Å². The summed E-state index contributed by atoms with van der Waals surface area (Å²) in [6.07, 6.45) is 5.06. The summed E-state index contributed by atoms with van der Waals surface area (Å²) in [5.74, 6) is 0.774. The average Bonchev–Trinajstić information content (AvgIpc) is 2.39. The number of hydrogen-bond donors (Lipinski definition) is 0. The van der Waals surface area contributed by atoms with Crippen LogP contribution >= 0.6 is 0 Å². The molecule has 0 amide bonds. The average molecular weight is 197 g/mol. The molecule has 1 rings (SSSR count). The van der Waals surface area contributed by atoms with Crippen LogP contribution in [0.15, 0.2) is 0 Å². The second kappa shape index (κ2) is 6.41. The molecule has 0 aliphatic carbocycles. The summed E-state index contributed by atoms with van der Waals surface area (Å²) in [5.41, 5.74) is 0. The van der Waals surface area contributed by atoms with Gasteiger partial charge < -0.3 is 9.80 Å². The molecule has 1 radical (unpaired) electrons. The number of rotatable bonds is 4. The predicted molar refractivity (Wildman–Crippen MR) is 62.3 cm³/mol. The third kappa shape index (κ3) is 4.43.